The minimum absolute atomic E-state index is 0.619. The molecule has 0 N–H and O–H groups in total. The molecule has 0 saturated heterocycles. The van der Waals surface area contributed by atoms with E-state index < -0.39 is 0 Å². The summed E-state index contributed by atoms with van der Waals surface area (Å²) in [6.45, 7) is 0. The second-order valence-electron chi connectivity index (χ2n) is 8.52. The van der Waals surface area contributed by atoms with Gasteiger partial charge in [0.15, 0.2) is 0 Å². The molecule has 2 aromatic rings. The molecule has 4 nitrogen and oxygen atoms in total. The molecule has 3 aliphatic carbocycles. The lowest BCUT2D eigenvalue weighted by atomic mass is 9.73. The Morgan fingerprint density at radius 2 is 1.21 bits per heavy atom. The first-order valence-corrected chi connectivity index (χ1v) is 10.1. The van der Waals surface area contributed by atoms with E-state index in [1.165, 1.54) is 36.8 Å². The molecule has 3 aliphatic rings. The Morgan fingerprint density at radius 3 is 1.82 bits per heavy atom. The monoisotopic (exact) mass is 370 g/mol. The third-order valence-electron chi connectivity index (χ3n) is 7.45. The second kappa shape index (κ2) is 6.88. The van der Waals surface area contributed by atoms with Crippen LogP contribution in [0, 0.1) is 46.7 Å². The summed E-state index contributed by atoms with van der Waals surface area (Å²) in [7, 11) is 0. The van der Waals surface area contributed by atoms with E-state index in [4.69, 9.17) is 20.0 Å². The van der Waals surface area contributed by atoms with E-state index in [1.54, 1.807) is 12.5 Å². The molecule has 28 heavy (non-hydrogen) atoms. The zero-order valence-corrected chi connectivity index (χ0v) is 15.6. The van der Waals surface area contributed by atoms with Gasteiger partial charge in [-0.15, -0.1) is 10.5 Å². The lowest BCUT2D eigenvalue weighted by Crippen LogP contribution is -2.23. The summed E-state index contributed by atoms with van der Waals surface area (Å²) >= 11 is 0. The highest BCUT2D eigenvalue weighted by molar-refractivity contribution is 5.34. The number of ether oxygens (including phenoxy) is 2. The van der Waals surface area contributed by atoms with E-state index in [0.29, 0.717) is 23.3 Å². The minimum atomic E-state index is 0.619. The molecule has 0 aromatic heterocycles. The van der Waals surface area contributed by atoms with E-state index in [1.807, 2.05) is 24.3 Å². The van der Waals surface area contributed by atoms with Gasteiger partial charge in [-0.3, -0.25) is 0 Å². The Hall–Kier alpha value is -2.98. The summed E-state index contributed by atoms with van der Waals surface area (Å²) in [5.41, 5.74) is 2.78. The molecule has 3 fully saturated rings. The van der Waals surface area contributed by atoms with Gasteiger partial charge in [-0.25, -0.2) is 0 Å². The SMILES string of the molecule is N#COc1ccc(C2CC3C4CC(c5ccc(OC#N)cc5)C(C4)C3C2)cc1. The van der Waals surface area contributed by atoms with Gasteiger partial charge >= 0.3 is 0 Å². The fourth-order valence-corrected chi connectivity index (χ4v) is 6.42. The van der Waals surface area contributed by atoms with Crippen LogP contribution in [0.25, 0.3) is 0 Å². The first-order valence-electron chi connectivity index (χ1n) is 10.1. The maximum absolute atomic E-state index is 8.66. The largest absolute Gasteiger partial charge is 0.388 e. The predicted octanol–water partition coefficient (Wildman–Crippen LogP) is 5.34. The van der Waals surface area contributed by atoms with Crippen LogP contribution < -0.4 is 9.47 Å². The first-order chi connectivity index (χ1) is 13.8. The van der Waals surface area contributed by atoms with Crippen molar-refractivity contribution >= 4 is 0 Å². The maximum Gasteiger partial charge on any atom is 0.292 e. The molecule has 0 heterocycles. The van der Waals surface area contributed by atoms with Crippen molar-refractivity contribution in [2.75, 3.05) is 0 Å². The van der Waals surface area contributed by atoms with Gasteiger partial charge in [0.2, 0.25) is 0 Å². The number of hydrogen-bond acceptors (Lipinski definition) is 4. The van der Waals surface area contributed by atoms with Crippen molar-refractivity contribution in [1.82, 2.24) is 0 Å². The van der Waals surface area contributed by atoms with Gasteiger partial charge in [0.25, 0.3) is 12.5 Å². The van der Waals surface area contributed by atoms with Crippen molar-refractivity contribution in [2.24, 2.45) is 23.7 Å². The van der Waals surface area contributed by atoms with Crippen LogP contribution in [0.1, 0.15) is 48.6 Å². The average Bonchev–Trinajstić information content (AvgIpc) is 3.42. The molecule has 3 saturated carbocycles. The Balaban J connectivity index is 1.30. The molecule has 140 valence electrons. The highest BCUT2D eigenvalue weighted by Crippen LogP contribution is 2.65. The van der Waals surface area contributed by atoms with Gasteiger partial charge in [-0.1, -0.05) is 24.3 Å². The Kier molecular flexibility index (Phi) is 4.21. The number of benzene rings is 2. The van der Waals surface area contributed by atoms with Crippen molar-refractivity contribution in [3.63, 3.8) is 0 Å². The topological polar surface area (TPSA) is 66.0 Å². The molecule has 0 amide bonds. The van der Waals surface area contributed by atoms with Crippen LogP contribution in [0.4, 0.5) is 0 Å². The van der Waals surface area contributed by atoms with E-state index in [-0.39, 0.29) is 0 Å². The van der Waals surface area contributed by atoms with E-state index in [2.05, 4.69) is 24.3 Å². The highest BCUT2D eigenvalue weighted by atomic mass is 16.5. The van der Waals surface area contributed by atoms with Gasteiger partial charge in [0.1, 0.15) is 11.5 Å². The van der Waals surface area contributed by atoms with Crippen LogP contribution in [0.15, 0.2) is 48.5 Å². The number of rotatable bonds is 4. The van der Waals surface area contributed by atoms with Crippen molar-refractivity contribution in [3.8, 4) is 24.0 Å². The first kappa shape index (κ1) is 17.1. The van der Waals surface area contributed by atoms with E-state index >= 15 is 0 Å². The molecular weight excluding hydrogens is 348 g/mol. The van der Waals surface area contributed by atoms with Crippen molar-refractivity contribution in [2.45, 2.75) is 37.5 Å². The summed E-state index contributed by atoms with van der Waals surface area (Å²) in [5, 5.41) is 17.3. The average molecular weight is 370 g/mol. The van der Waals surface area contributed by atoms with Crippen LogP contribution in [-0.4, -0.2) is 0 Å². The molecule has 6 atom stereocenters. The van der Waals surface area contributed by atoms with E-state index in [9.17, 15) is 0 Å². The Labute approximate surface area is 165 Å². The molecule has 0 spiro atoms. The lowest BCUT2D eigenvalue weighted by molar-refractivity contribution is 0.232. The normalized spacial score (nSPS) is 32.4. The third-order valence-corrected chi connectivity index (χ3v) is 7.45. The Morgan fingerprint density at radius 1 is 0.643 bits per heavy atom. The van der Waals surface area contributed by atoms with Crippen LogP contribution in [0.2, 0.25) is 0 Å². The number of hydrogen-bond donors (Lipinski definition) is 0. The highest BCUT2D eigenvalue weighted by Gasteiger charge is 2.56. The number of nitrogens with zero attached hydrogens (tertiary/aromatic N) is 2. The van der Waals surface area contributed by atoms with Crippen LogP contribution in [-0.2, 0) is 0 Å². The molecular formula is C24H22N2O2. The zero-order chi connectivity index (χ0) is 19.1. The summed E-state index contributed by atoms with van der Waals surface area (Å²) in [5.74, 6) is 5.83. The van der Waals surface area contributed by atoms with Gasteiger partial charge < -0.3 is 9.47 Å². The molecule has 2 bridgehead atoms. The van der Waals surface area contributed by atoms with Crippen molar-refractivity contribution in [1.29, 1.82) is 10.5 Å². The molecule has 2 aromatic carbocycles. The smallest absolute Gasteiger partial charge is 0.292 e. The molecule has 4 heteroatoms. The standard InChI is InChI=1S/C24H22N2O2/c25-13-27-19-5-1-15(2-6-19)17-9-22-18-11-21(24(12-18)23(22)10-17)16-3-7-20(8-4-16)28-14-26/h1-8,17-18,21-24H,9-12H2. The van der Waals surface area contributed by atoms with Crippen molar-refractivity contribution in [3.05, 3.63) is 59.7 Å². The zero-order valence-electron chi connectivity index (χ0n) is 15.6. The number of nitriles is 2. The molecule has 5 rings (SSSR count). The van der Waals surface area contributed by atoms with Crippen LogP contribution >= 0.6 is 0 Å². The summed E-state index contributed by atoms with van der Waals surface area (Å²) < 4.78 is 9.83. The second-order valence-corrected chi connectivity index (χ2v) is 8.52. The van der Waals surface area contributed by atoms with E-state index in [0.717, 1.165) is 23.7 Å². The van der Waals surface area contributed by atoms with Gasteiger partial charge in [0, 0.05) is 0 Å². The minimum Gasteiger partial charge on any atom is -0.388 e. The van der Waals surface area contributed by atoms with Gasteiger partial charge in [-0.2, -0.15) is 0 Å². The van der Waals surface area contributed by atoms with Crippen LogP contribution in [0.3, 0.4) is 0 Å². The van der Waals surface area contributed by atoms with Crippen molar-refractivity contribution < 1.29 is 9.47 Å². The molecule has 0 radical (unpaired) electrons. The quantitative estimate of drug-likeness (QED) is 0.681. The van der Waals surface area contributed by atoms with Gasteiger partial charge in [-0.05, 0) is 96.6 Å². The molecule has 6 unspecified atom stereocenters. The molecule has 0 aliphatic heterocycles. The van der Waals surface area contributed by atoms with Crippen LogP contribution in [0.5, 0.6) is 11.5 Å². The fourth-order valence-electron chi connectivity index (χ4n) is 6.42. The lowest BCUT2D eigenvalue weighted by Gasteiger charge is -2.31. The predicted molar refractivity (Wildman–Crippen MR) is 103 cm³/mol. The fraction of sp³-hybridized carbons (Fsp3) is 0.417. The Bertz CT molecular complexity index is 939. The summed E-state index contributed by atoms with van der Waals surface area (Å²) in [6.07, 6.45) is 8.71. The maximum atomic E-state index is 8.66. The van der Waals surface area contributed by atoms with Gasteiger partial charge in [0.05, 0.1) is 0 Å². The summed E-state index contributed by atoms with van der Waals surface area (Å²) in [6, 6.07) is 16.2. The summed E-state index contributed by atoms with van der Waals surface area (Å²) in [4.78, 5) is 0. The number of fused-ring (bicyclic) bond motifs is 5. The third kappa shape index (κ3) is 2.81.